The number of Topliss-reactive ketones (excluding diaryl/α,β-unsaturated/α-hetero) is 1. The second-order valence-electron chi connectivity index (χ2n) is 8.89. The third-order valence-corrected chi connectivity index (χ3v) is 5.72. The summed E-state index contributed by atoms with van der Waals surface area (Å²) in [7, 11) is 0. The minimum atomic E-state index is -1.14. The molecule has 210 valence electrons. The molecule has 4 N–H and O–H groups in total. The number of carbonyl (C=O) groups excluding carboxylic acids is 3. The Balaban J connectivity index is 3.72. The summed E-state index contributed by atoms with van der Waals surface area (Å²) in [5, 5.41) is 23.2. The van der Waals surface area contributed by atoms with Crippen LogP contribution in [-0.4, -0.2) is 79.4 Å². The molecule has 0 heterocycles. The second kappa shape index (κ2) is 24.6. The Bertz CT molecular complexity index is 600. The van der Waals surface area contributed by atoms with Crippen LogP contribution in [0.4, 0.5) is 0 Å². The van der Waals surface area contributed by atoms with E-state index in [4.69, 9.17) is 14.6 Å². The summed E-state index contributed by atoms with van der Waals surface area (Å²) >= 11 is 0. The maximum atomic E-state index is 12.1. The standard InChI is InChI=1S/C26H48N2O8/c1-2-35-19-20-36-18-17-27-24(31)16-15-23(26(33)34)28-25(32)14-12-10-8-6-4-3-5-7-9-11-13-22(30)21-29/h23,29H,2-21H2,1H3,(H,27,31)(H,28,32)(H,33,34)/t23-/m0/s1. The third kappa shape index (κ3) is 22.4. The molecular formula is C26H48N2O8. The van der Waals surface area contributed by atoms with E-state index in [1.807, 2.05) is 6.92 Å². The SMILES string of the molecule is CCOCCOCCNC(=O)CC[C@H](NC(=O)CCCCCCCCCCCCC(=O)CO)C(=O)O. The van der Waals surface area contributed by atoms with Crippen molar-refractivity contribution in [2.45, 2.75) is 103 Å². The van der Waals surface area contributed by atoms with Crippen LogP contribution >= 0.6 is 0 Å². The Hall–Kier alpha value is -2.04. The zero-order chi connectivity index (χ0) is 26.9. The van der Waals surface area contributed by atoms with Gasteiger partial charge in [0.2, 0.25) is 11.8 Å². The van der Waals surface area contributed by atoms with E-state index in [1.165, 1.54) is 0 Å². The number of hydrogen-bond donors (Lipinski definition) is 4. The molecule has 0 unspecified atom stereocenters. The van der Waals surface area contributed by atoms with Crippen LogP contribution < -0.4 is 10.6 Å². The molecule has 10 nitrogen and oxygen atoms in total. The van der Waals surface area contributed by atoms with Crippen molar-refractivity contribution in [3.05, 3.63) is 0 Å². The number of carboxylic acids is 1. The molecule has 0 rings (SSSR count). The van der Waals surface area contributed by atoms with Crippen LogP contribution in [-0.2, 0) is 28.7 Å². The van der Waals surface area contributed by atoms with E-state index in [-0.39, 0.29) is 43.5 Å². The highest BCUT2D eigenvalue weighted by Gasteiger charge is 2.20. The number of carboxylic acid groups (broad SMARTS) is 1. The molecule has 0 aliphatic carbocycles. The van der Waals surface area contributed by atoms with Gasteiger partial charge in [-0.15, -0.1) is 0 Å². The van der Waals surface area contributed by atoms with Gasteiger partial charge in [-0.2, -0.15) is 0 Å². The average Bonchev–Trinajstić information content (AvgIpc) is 2.86. The number of aliphatic hydroxyl groups is 1. The Morgan fingerprint density at radius 2 is 1.28 bits per heavy atom. The van der Waals surface area contributed by atoms with Gasteiger partial charge in [0.15, 0.2) is 5.78 Å². The molecule has 0 fully saturated rings. The van der Waals surface area contributed by atoms with Gasteiger partial charge in [-0.3, -0.25) is 14.4 Å². The van der Waals surface area contributed by atoms with E-state index in [9.17, 15) is 24.3 Å². The largest absolute Gasteiger partial charge is 0.480 e. The van der Waals surface area contributed by atoms with Gasteiger partial charge in [0.1, 0.15) is 12.6 Å². The molecule has 0 aromatic rings. The van der Waals surface area contributed by atoms with Crippen LogP contribution in [0, 0.1) is 0 Å². The Morgan fingerprint density at radius 3 is 1.83 bits per heavy atom. The van der Waals surface area contributed by atoms with Crippen molar-refractivity contribution in [1.82, 2.24) is 10.6 Å². The zero-order valence-electron chi connectivity index (χ0n) is 22.1. The quantitative estimate of drug-likeness (QED) is 0.128. The fourth-order valence-corrected chi connectivity index (χ4v) is 3.62. The maximum absolute atomic E-state index is 12.1. The van der Waals surface area contributed by atoms with Gasteiger partial charge >= 0.3 is 5.97 Å². The molecule has 0 bridgehead atoms. The van der Waals surface area contributed by atoms with Gasteiger partial charge in [-0.1, -0.05) is 51.4 Å². The molecular weight excluding hydrogens is 468 g/mol. The van der Waals surface area contributed by atoms with Crippen molar-refractivity contribution < 1.29 is 38.9 Å². The number of ketones is 1. The van der Waals surface area contributed by atoms with Crippen LogP contribution in [0.25, 0.3) is 0 Å². The Labute approximate surface area is 215 Å². The van der Waals surface area contributed by atoms with Crippen molar-refractivity contribution in [3.8, 4) is 0 Å². The molecule has 0 saturated heterocycles. The number of hydrogen-bond acceptors (Lipinski definition) is 7. The smallest absolute Gasteiger partial charge is 0.326 e. The molecule has 0 aliphatic heterocycles. The van der Waals surface area contributed by atoms with E-state index in [1.54, 1.807) is 0 Å². The first-order valence-electron chi connectivity index (χ1n) is 13.5. The number of aliphatic carboxylic acids is 1. The topological polar surface area (TPSA) is 151 Å². The predicted octanol–water partition coefficient (Wildman–Crippen LogP) is 2.75. The van der Waals surface area contributed by atoms with E-state index < -0.39 is 12.0 Å². The van der Waals surface area contributed by atoms with Crippen molar-refractivity contribution >= 4 is 23.6 Å². The molecule has 2 amide bonds. The summed E-state index contributed by atoms with van der Waals surface area (Å²) in [4.78, 5) is 46.4. The predicted molar refractivity (Wildman–Crippen MR) is 137 cm³/mol. The van der Waals surface area contributed by atoms with Crippen molar-refractivity contribution in [3.63, 3.8) is 0 Å². The summed E-state index contributed by atoms with van der Waals surface area (Å²) in [6.45, 7) is 3.82. The van der Waals surface area contributed by atoms with Gasteiger partial charge in [0, 0.05) is 32.4 Å². The monoisotopic (exact) mass is 516 g/mol. The van der Waals surface area contributed by atoms with Crippen molar-refractivity contribution in [2.75, 3.05) is 39.6 Å². The molecule has 36 heavy (non-hydrogen) atoms. The summed E-state index contributed by atoms with van der Waals surface area (Å²) < 4.78 is 10.4. The van der Waals surface area contributed by atoms with Crippen LogP contribution in [0.5, 0.6) is 0 Å². The molecule has 10 heteroatoms. The molecule has 0 radical (unpaired) electrons. The van der Waals surface area contributed by atoms with Crippen LogP contribution in [0.2, 0.25) is 0 Å². The Morgan fingerprint density at radius 1 is 0.722 bits per heavy atom. The van der Waals surface area contributed by atoms with E-state index in [0.717, 1.165) is 57.8 Å². The number of amides is 2. The lowest BCUT2D eigenvalue weighted by Gasteiger charge is -2.14. The number of unbranched alkanes of at least 4 members (excludes halogenated alkanes) is 9. The number of carbonyl (C=O) groups is 4. The average molecular weight is 517 g/mol. The van der Waals surface area contributed by atoms with Crippen LogP contribution in [0.15, 0.2) is 0 Å². The van der Waals surface area contributed by atoms with Gasteiger partial charge in [0.05, 0.1) is 19.8 Å². The summed E-state index contributed by atoms with van der Waals surface area (Å²) in [5.74, 6) is -1.81. The molecule has 0 aromatic carbocycles. The van der Waals surface area contributed by atoms with E-state index in [2.05, 4.69) is 10.6 Å². The summed E-state index contributed by atoms with van der Waals surface area (Å²) in [6.07, 6.45) is 11.0. The number of rotatable bonds is 26. The molecule has 0 spiro atoms. The van der Waals surface area contributed by atoms with Crippen LogP contribution in [0.1, 0.15) is 96.8 Å². The van der Waals surface area contributed by atoms with Gasteiger partial charge in [0.25, 0.3) is 0 Å². The van der Waals surface area contributed by atoms with Gasteiger partial charge in [-0.05, 0) is 26.2 Å². The zero-order valence-corrected chi connectivity index (χ0v) is 22.1. The lowest BCUT2D eigenvalue weighted by atomic mass is 10.0. The van der Waals surface area contributed by atoms with Crippen molar-refractivity contribution in [1.29, 1.82) is 0 Å². The molecule has 0 aromatic heterocycles. The first-order chi connectivity index (χ1) is 17.4. The second-order valence-corrected chi connectivity index (χ2v) is 8.89. The van der Waals surface area contributed by atoms with Gasteiger partial charge < -0.3 is 30.3 Å². The maximum Gasteiger partial charge on any atom is 0.326 e. The van der Waals surface area contributed by atoms with Crippen molar-refractivity contribution in [2.24, 2.45) is 0 Å². The van der Waals surface area contributed by atoms with Gasteiger partial charge in [-0.25, -0.2) is 4.79 Å². The summed E-state index contributed by atoms with van der Waals surface area (Å²) in [5.41, 5.74) is 0. The fraction of sp³-hybridized carbons (Fsp3) is 0.846. The first kappa shape index (κ1) is 34.0. The Kier molecular flexibility index (Phi) is 23.2. The third-order valence-electron chi connectivity index (χ3n) is 5.72. The molecule has 0 aliphatic rings. The minimum absolute atomic E-state index is 0.0109. The van der Waals surface area contributed by atoms with Crippen LogP contribution in [0.3, 0.4) is 0 Å². The number of nitrogens with one attached hydrogen (secondary N) is 2. The fourth-order valence-electron chi connectivity index (χ4n) is 3.62. The lowest BCUT2D eigenvalue weighted by Crippen LogP contribution is -2.41. The van der Waals surface area contributed by atoms with E-state index >= 15 is 0 Å². The highest BCUT2D eigenvalue weighted by molar-refractivity contribution is 5.84. The first-order valence-corrected chi connectivity index (χ1v) is 13.5. The minimum Gasteiger partial charge on any atom is -0.480 e. The lowest BCUT2D eigenvalue weighted by molar-refractivity contribution is -0.142. The number of ether oxygens (including phenoxy) is 2. The molecule has 1 atom stereocenters. The van der Waals surface area contributed by atoms with E-state index in [0.29, 0.717) is 45.8 Å². The summed E-state index contributed by atoms with van der Waals surface area (Å²) in [6, 6.07) is -1.08. The highest BCUT2D eigenvalue weighted by atomic mass is 16.5. The highest BCUT2D eigenvalue weighted by Crippen LogP contribution is 2.12. The molecule has 0 saturated carbocycles. The number of aliphatic hydroxyl groups excluding tert-OH is 1. The normalized spacial score (nSPS) is 11.7.